The summed E-state index contributed by atoms with van der Waals surface area (Å²) in [7, 11) is 0. The number of nitrogens with two attached hydrogens (primary N) is 1. The fourth-order valence-electron chi connectivity index (χ4n) is 1.64. The number of para-hydroxylation sites is 2. The Kier molecular flexibility index (Phi) is 4.50. The lowest BCUT2D eigenvalue weighted by Gasteiger charge is -2.08. The molecule has 0 aromatic heterocycles. The molecule has 0 aliphatic carbocycles. The van der Waals surface area contributed by atoms with Gasteiger partial charge in [0, 0.05) is 5.69 Å². The molecule has 5 nitrogen and oxygen atoms in total. The molecule has 0 atom stereocenters. The quantitative estimate of drug-likeness (QED) is 0.667. The highest BCUT2D eigenvalue weighted by Crippen LogP contribution is 2.13. The zero-order chi connectivity index (χ0) is 15.2. The summed E-state index contributed by atoms with van der Waals surface area (Å²) in [6.07, 6.45) is 0. The summed E-state index contributed by atoms with van der Waals surface area (Å²) >= 11 is 0. The van der Waals surface area contributed by atoms with Crippen molar-refractivity contribution in [1.29, 1.82) is 0 Å². The van der Waals surface area contributed by atoms with Gasteiger partial charge in [0.2, 0.25) is 0 Å². The van der Waals surface area contributed by atoms with E-state index < -0.39 is 24.3 Å². The number of carbonyl (C=O) groups excluding carboxylic acids is 2. The van der Waals surface area contributed by atoms with Crippen LogP contribution in [0.4, 0.5) is 15.8 Å². The van der Waals surface area contributed by atoms with Crippen LogP contribution in [0, 0.1) is 5.82 Å². The highest BCUT2D eigenvalue weighted by Gasteiger charge is 2.13. The average molecular weight is 288 g/mol. The first-order valence-corrected chi connectivity index (χ1v) is 6.14. The second-order valence-corrected chi connectivity index (χ2v) is 4.19. The number of rotatable bonds is 4. The number of hydrogen-bond donors (Lipinski definition) is 2. The molecule has 0 aliphatic heterocycles. The van der Waals surface area contributed by atoms with Crippen LogP contribution in [0.5, 0.6) is 0 Å². The summed E-state index contributed by atoms with van der Waals surface area (Å²) in [6, 6.07) is 12.1. The number of nitrogen functional groups attached to an aromatic ring is 1. The van der Waals surface area contributed by atoms with Crippen LogP contribution in [0.1, 0.15) is 10.4 Å². The molecule has 2 aromatic carbocycles. The van der Waals surface area contributed by atoms with Crippen molar-refractivity contribution in [2.75, 3.05) is 17.7 Å². The molecule has 21 heavy (non-hydrogen) atoms. The summed E-state index contributed by atoms with van der Waals surface area (Å²) in [6.45, 7) is -0.526. The number of hydrogen-bond acceptors (Lipinski definition) is 4. The number of carbonyl (C=O) groups is 2. The van der Waals surface area contributed by atoms with E-state index in [4.69, 9.17) is 10.5 Å². The molecule has 2 aromatic rings. The number of halogens is 1. The van der Waals surface area contributed by atoms with E-state index in [1.54, 1.807) is 24.3 Å². The monoisotopic (exact) mass is 288 g/mol. The van der Waals surface area contributed by atoms with Gasteiger partial charge in [-0.15, -0.1) is 0 Å². The summed E-state index contributed by atoms with van der Waals surface area (Å²) in [4.78, 5) is 23.3. The molecule has 1 amide bonds. The highest BCUT2D eigenvalue weighted by atomic mass is 19.1. The van der Waals surface area contributed by atoms with Crippen LogP contribution in [0.2, 0.25) is 0 Å². The maximum absolute atomic E-state index is 13.3. The zero-order valence-corrected chi connectivity index (χ0v) is 11.0. The van der Waals surface area contributed by atoms with E-state index in [0.717, 1.165) is 0 Å². The smallest absolute Gasteiger partial charge is 0.340 e. The van der Waals surface area contributed by atoms with E-state index >= 15 is 0 Å². The van der Waals surface area contributed by atoms with Crippen LogP contribution in [0.3, 0.4) is 0 Å². The number of nitrogens with one attached hydrogen (secondary N) is 1. The molecule has 6 heteroatoms. The normalized spacial score (nSPS) is 9.95. The summed E-state index contributed by atoms with van der Waals surface area (Å²) in [5.41, 5.74) is 6.08. The topological polar surface area (TPSA) is 81.4 Å². The third-order valence-electron chi connectivity index (χ3n) is 2.66. The SMILES string of the molecule is Nc1ccccc1C(=O)OCC(=O)Nc1ccccc1F. The van der Waals surface area contributed by atoms with Crippen molar-refractivity contribution in [3.8, 4) is 0 Å². The van der Waals surface area contributed by atoms with Gasteiger partial charge in [0.25, 0.3) is 5.91 Å². The zero-order valence-electron chi connectivity index (χ0n) is 11.0. The van der Waals surface area contributed by atoms with Gasteiger partial charge < -0.3 is 15.8 Å². The van der Waals surface area contributed by atoms with Crippen LogP contribution in [0.25, 0.3) is 0 Å². The Balaban J connectivity index is 1.91. The molecular formula is C15H13FN2O3. The van der Waals surface area contributed by atoms with E-state index in [9.17, 15) is 14.0 Å². The molecule has 0 aliphatic rings. The molecule has 2 rings (SSSR count). The van der Waals surface area contributed by atoms with E-state index in [2.05, 4.69) is 5.32 Å². The van der Waals surface area contributed by atoms with E-state index in [1.165, 1.54) is 24.3 Å². The Labute approximate surface area is 120 Å². The summed E-state index contributed by atoms with van der Waals surface area (Å²) < 4.78 is 18.2. The lowest BCUT2D eigenvalue weighted by molar-refractivity contribution is -0.119. The summed E-state index contributed by atoms with van der Waals surface area (Å²) in [5, 5.41) is 2.31. The van der Waals surface area contributed by atoms with Crippen molar-refractivity contribution in [3.63, 3.8) is 0 Å². The second kappa shape index (κ2) is 6.51. The maximum atomic E-state index is 13.3. The number of esters is 1. The molecule has 0 spiro atoms. The molecule has 0 unspecified atom stereocenters. The standard InChI is InChI=1S/C15H13FN2O3/c16-11-6-2-4-8-13(11)18-14(19)9-21-15(20)10-5-1-3-7-12(10)17/h1-8H,9,17H2,(H,18,19). The minimum Gasteiger partial charge on any atom is -0.452 e. The minimum absolute atomic E-state index is 0.0257. The molecule has 0 saturated carbocycles. The van der Waals surface area contributed by atoms with Crippen LogP contribution in [-0.4, -0.2) is 18.5 Å². The molecule has 3 N–H and O–H groups in total. The molecule has 0 bridgehead atoms. The van der Waals surface area contributed by atoms with Crippen LogP contribution in [-0.2, 0) is 9.53 Å². The molecular weight excluding hydrogens is 275 g/mol. The van der Waals surface area contributed by atoms with Gasteiger partial charge in [-0.3, -0.25) is 4.79 Å². The number of anilines is 2. The Bertz CT molecular complexity index is 673. The van der Waals surface area contributed by atoms with Gasteiger partial charge >= 0.3 is 5.97 Å². The Morgan fingerprint density at radius 2 is 1.76 bits per heavy atom. The lowest BCUT2D eigenvalue weighted by Crippen LogP contribution is -2.21. The third-order valence-corrected chi connectivity index (χ3v) is 2.66. The van der Waals surface area contributed by atoms with Crippen molar-refractivity contribution in [2.45, 2.75) is 0 Å². The number of benzene rings is 2. The Hall–Kier alpha value is -2.89. The maximum Gasteiger partial charge on any atom is 0.340 e. The Morgan fingerprint density at radius 1 is 1.10 bits per heavy atom. The van der Waals surface area contributed by atoms with Crippen molar-refractivity contribution >= 4 is 23.3 Å². The Morgan fingerprint density at radius 3 is 2.48 bits per heavy atom. The van der Waals surface area contributed by atoms with Crippen LogP contribution < -0.4 is 11.1 Å². The van der Waals surface area contributed by atoms with Gasteiger partial charge in [0.05, 0.1) is 11.3 Å². The van der Waals surface area contributed by atoms with Gasteiger partial charge in [0.1, 0.15) is 5.82 Å². The largest absolute Gasteiger partial charge is 0.452 e. The fourth-order valence-corrected chi connectivity index (χ4v) is 1.64. The highest BCUT2D eigenvalue weighted by molar-refractivity contribution is 5.98. The van der Waals surface area contributed by atoms with E-state index in [1.807, 2.05) is 0 Å². The second-order valence-electron chi connectivity index (χ2n) is 4.19. The van der Waals surface area contributed by atoms with Gasteiger partial charge in [0.15, 0.2) is 6.61 Å². The van der Waals surface area contributed by atoms with Gasteiger partial charge in [-0.1, -0.05) is 24.3 Å². The number of amides is 1. The third kappa shape index (κ3) is 3.79. The van der Waals surface area contributed by atoms with Crippen molar-refractivity contribution in [1.82, 2.24) is 0 Å². The van der Waals surface area contributed by atoms with E-state index in [-0.39, 0.29) is 16.9 Å². The number of ether oxygens (including phenoxy) is 1. The van der Waals surface area contributed by atoms with E-state index in [0.29, 0.717) is 0 Å². The lowest BCUT2D eigenvalue weighted by atomic mass is 10.2. The fraction of sp³-hybridized carbons (Fsp3) is 0.0667. The van der Waals surface area contributed by atoms with Crippen molar-refractivity contribution in [3.05, 3.63) is 59.9 Å². The predicted molar refractivity (Wildman–Crippen MR) is 76.2 cm³/mol. The first-order valence-electron chi connectivity index (χ1n) is 6.14. The first kappa shape index (κ1) is 14.5. The van der Waals surface area contributed by atoms with Crippen LogP contribution >= 0.6 is 0 Å². The van der Waals surface area contributed by atoms with Crippen molar-refractivity contribution in [2.24, 2.45) is 0 Å². The van der Waals surface area contributed by atoms with Gasteiger partial charge in [-0.25, -0.2) is 9.18 Å². The predicted octanol–water partition coefficient (Wildman–Crippen LogP) is 2.20. The molecule has 0 saturated heterocycles. The minimum atomic E-state index is -0.711. The van der Waals surface area contributed by atoms with Gasteiger partial charge in [-0.05, 0) is 24.3 Å². The summed E-state index contributed by atoms with van der Waals surface area (Å²) in [5.74, 6) is -1.91. The van der Waals surface area contributed by atoms with Crippen LogP contribution in [0.15, 0.2) is 48.5 Å². The first-order chi connectivity index (χ1) is 10.1. The van der Waals surface area contributed by atoms with Gasteiger partial charge in [-0.2, -0.15) is 0 Å². The molecule has 0 radical (unpaired) electrons. The molecule has 0 heterocycles. The molecule has 0 fully saturated rings. The molecule has 108 valence electrons. The van der Waals surface area contributed by atoms with Crippen molar-refractivity contribution < 1.29 is 18.7 Å². The average Bonchev–Trinajstić information content (AvgIpc) is 2.48.